The summed E-state index contributed by atoms with van der Waals surface area (Å²) in [5, 5.41) is 0. The Morgan fingerprint density at radius 3 is 0.818 bits per heavy atom. The Labute approximate surface area is 360 Å². The van der Waals surface area contributed by atoms with Gasteiger partial charge in [0.15, 0.2) is 0 Å². The van der Waals surface area contributed by atoms with Crippen LogP contribution in [-0.4, -0.2) is 42.6 Å². The van der Waals surface area contributed by atoms with Crippen molar-refractivity contribution in [1.29, 1.82) is 0 Å². The van der Waals surface area contributed by atoms with Crippen molar-refractivity contribution in [2.75, 3.05) is 11.5 Å². The maximum atomic E-state index is 14.0. The van der Waals surface area contributed by atoms with Gasteiger partial charge in [0.1, 0.15) is 0 Å². The van der Waals surface area contributed by atoms with Gasteiger partial charge in [-0.05, 0) is 0 Å². The Kier molecular flexibility index (Phi) is 42.9. The monoisotopic (exact) mass is 921 g/mol. The van der Waals surface area contributed by atoms with Crippen molar-refractivity contribution in [1.82, 2.24) is 0 Å². The molecule has 0 saturated carbocycles. The summed E-state index contributed by atoms with van der Waals surface area (Å²) in [5.74, 6) is 0.300. The molecule has 0 aromatic heterocycles. The van der Waals surface area contributed by atoms with Gasteiger partial charge in [0.2, 0.25) is 0 Å². The topological polar surface area (TPSA) is 52.6 Å². The fourth-order valence-electron chi connectivity index (χ4n) is 7.91. The number of hydrogen-bond donors (Lipinski definition) is 2. The van der Waals surface area contributed by atoms with Crippen LogP contribution in [0, 0.1) is 11.8 Å². The van der Waals surface area contributed by atoms with Crippen LogP contribution >= 0.6 is 25.3 Å². The van der Waals surface area contributed by atoms with Crippen molar-refractivity contribution in [2.45, 2.75) is 268 Å². The Bertz CT molecular complexity index is 762. The van der Waals surface area contributed by atoms with Crippen LogP contribution in [0.3, 0.4) is 0 Å². The molecular weight excluding hydrogens is 823 g/mol. The van der Waals surface area contributed by atoms with Gasteiger partial charge < -0.3 is 0 Å². The normalized spacial score (nSPS) is 12.9. The van der Waals surface area contributed by atoms with Gasteiger partial charge in [-0.25, -0.2) is 0 Å². The predicted molar refractivity (Wildman–Crippen MR) is 251 cm³/mol. The summed E-state index contributed by atoms with van der Waals surface area (Å²) in [7, 11) is 0. The van der Waals surface area contributed by atoms with Crippen molar-refractivity contribution >= 4 is 56.4 Å². The summed E-state index contributed by atoms with van der Waals surface area (Å²) in [6.45, 7) is 9.06. The number of carbonyl (C=O) groups is 2. The summed E-state index contributed by atoms with van der Waals surface area (Å²) < 4.78 is 15.0. The molecule has 0 radical (unpaired) electrons. The van der Waals surface area contributed by atoms with Crippen molar-refractivity contribution in [3.8, 4) is 0 Å². The summed E-state index contributed by atoms with van der Waals surface area (Å²) in [6, 6.07) is 0. The minimum absolute atomic E-state index is 0.129. The van der Waals surface area contributed by atoms with Gasteiger partial charge in [-0.15, -0.1) is 0 Å². The molecular formula is C48H96O4S2Sn. The van der Waals surface area contributed by atoms with E-state index in [0.29, 0.717) is 11.5 Å². The molecule has 0 aliphatic heterocycles. The first-order valence-electron chi connectivity index (χ1n) is 24.6. The Hall–Kier alpha value is 0.439. The zero-order chi connectivity index (χ0) is 40.5. The number of hydrogen-bond acceptors (Lipinski definition) is 6. The third kappa shape index (κ3) is 33.9. The van der Waals surface area contributed by atoms with Gasteiger partial charge in [-0.2, -0.15) is 0 Å². The van der Waals surface area contributed by atoms with E-state index in [1.165, 1.54) is 167 Å². The molecule has 0 amide bonds. The van der Waals surface area contributed by atoms with Crippen molar-refractivity contribution in [3.05, 3.63) is 0 Å². The minimum Gasteiger partial charge on any atom is -0.0654 e. The molecule has 0 rings (SSSR count). The third-order valence-electron chi connectivity index (χ3n) is 11.8. The van der Waals surface area contributed by atoms with Crippen LogP contribution in [-0.2, 0) is 15.7 Å². The van der Waals surface area contributed by atoms with E-state index in [-0.39, 0.29) is 23.8 Å². The molecule has 0 N–H and O–H groups in total. The molecule has 0 aliphatic carbocycles. The first-order valence-corrected chi connectivity index (χ1v) is 32.2. The fourth-order valence-corrected chi connectivity index (χ4v) is 18.1. The van der Waals surface area contributed by atoms with E-state index in [2.05, 4.69) is 53.0 Å². The molecule has 4 nitrogen and oxygen atoms in total. The molecule has 0 aliphatic rings. The quantitative estimate of drug-likeness (QED) is 0.0363. The number of thiol groups is 2. The number of carbonyl (C=O) groups excluding carboxylic acids is 2. The van der Waals surface area contributed by atoms with Gasteiger partial charge >= 0.3 is 311 Å². The third-order valence-corrected chi connectivity index (χ3v) is 22.3. The zero-order valence-electron chi connectivity index (χ0n) is 37.5. The molecule has 0 saturated heterocycles. The van der Waals surface area contributed by atoms with E-state index >= 15 is 0 Å². The van der Waals surface area contributed by atoms with E-state index in [1.54, 1.807) is 0 Å². The molecule has 2 unspecified atom stereocenters. The first-order chi connectivity index (χ1) is 26.9. The van der Waals surface area contributed by atoms with E-state index in [9.17, 15) is 9.59 Å². The summed E-state index contributed by atoms with van der Waals surface area (Å²) in [5.41, 5.74) is 0. The summed E-state index contributed by atoms with van der Waals surface area (Å²) in [4.78, 5) is 28.1. The molecule has 0 spiro atoms. The average Bonchev–Trinajstić information content (AvgIpc) is 3.18. The Morgan fingerprint density at radius 1 is 0.364 bits per heavy atom. The van der Waals surface area contributed by atoms with E-state index in [1.807, 2.05) is 0 Å². The van der Waals surface area contributed by atoms with Gasteiger partial charge in [-0.3, -0.25) is 0 Å². The molecule has 0 heterocycles. The smallest absolute Gasteiger partial charge is 0.0654 e. The maximum absolute atomic E-state index is 14.0. The van der Waals surface area contributed by atoms with Crippen LogP contribution in [0.4, 0.5) is 0 Å². The predicted octanol–water partition coefficient (Wildman–Crippen LogP) is 16.7. The molecule has 2 atom stereocenters. The molecule has 7 heteroatoms. The first kappa shape index (κ1) is 55.4. The second kappa shape index (κ2) is 42.6. The van der Waals surface area contributed by atoms with E-state index < -0.39 is 19.2 Å². The SMILES string of the molecule is CCCCCCCCCCCCCC(CS)C(=O)[O][Sn]([CH2]CCCCCCC)([CH2]CCCCCCC)[O]C(=O)C(CS)CCCCCCCCCCCCC. The van der Waals surface area contributed by atoms with Crippen LogP contribution in [0.1, 0.15) is 259 Å². The van der Waals surface area contributed by atoms with E-state index in [0.717, 1.165) is 73.1 Å². The molecule has 328 valence electrons. The van der Waals surface area contributed by atoms with Gasteiger partial charge in [0.25, 0.3) is 0 Å². The Morgan fingerprint density at radius 2 is 0.582 bits per heavy atom. The molecule has 0 fully saturated rings. The summed E-state index contributed by atoms with van der Waals surface area (Å²) in [6.07, 6.45) is 44.2. The van der Waals surface area contributed by atoms with Gasteiger partial charge in [-0.1, -0.05) is 52.4 Å². The fraction of sp³-hybridized carbons (Fsp3) is 0.958. The Balaban J connectivity index is 5.43. The number of rotatable bonds is 44. The zero-order valence-corrected chi connectivity index (χ0v) is 42.1. The average molecular weight is 920 g/mol. The van der Waals surface area contributed by atoms with Crippen LogP contribution < -0.4 is 0 Å². The van der Waals surface area contributed by atoms with Crippen LogP contribution in [0.2, 0.25) is 8.87 Å². The molecule has 0 bridgehead atoms. The van der Waals surface area contributed by atoms with Crippen LogP contribution in [0.5, 0.6) is 0 Å². The second-order valence-electron chi connectivity index (χ2n) is 17.2. The number of unbranched alkanes of at least 4 members (excludes halogenated alkanes) is 30. The van der Waals surface area contributed by atoms with E-state index in [4.69, 9.17) is 6.15 Å². The standard InChI is InChI=1S/2C16H32O2S.2C8H17.Sn/c2*1-2-3-4-5-6-7-8-9-10-11-12-13-15(14-19)16(17)18;2*1-3-5-7-8-6-4-2;/h2*15,19H,2-14H2,1H3,(H,17,18);2*1,3-8H2,2H3;/q;;;;+2/p-2. The summed E-state index contributed by atoms with van der Waals surface area (Å²) >= 11 is 5.17. The molecule has 0 aromatic rings. The van der Waals surface area contributed by atoms with Crippen LogP contribution in [0.25, 0.3) is 0 Å². The van der Waals surface area contributed by atoms with Crippen LogP contribution in [0.15, 0.2) is 0 Å². The molecule has 0 aromatic carbocycles. The van der Waals surface area contributed by atoms with Crippen molar-refractivity contribution in [2.24, 2.45) is 11.8 Å². The van der Waals surface area contributed by atoms with Crippen molar-refractivity contribution in [3.63, 3.8) is 0 Å². The second-order valence-corrected chi connectivity index (χ2v) is 27.1. The van der Waals surface area contributed by atoms with Crippen molar-refractivity contribution < 1.29 is 15.7 Å². The van der Waals surface area contributed by atoms with Gasteiger partial charge in [0, 0.05) is 0 Å². The van der Waals surface area contributed by atoms with Gasteiger partial charge in [0.05, 0.1) is 0 Å². The molecule has 55 heavy (non-hydrogen) atoms. The minimum atomic E-state index is -4.15.